The van der Waals surface area contributed by atoms with Crippen molar-refractivity contribution < 1.29 is 10.2 Å². The van der Waals surface area contributed by atoms with Gasteiger partial charge in [0.15, 0.2) is 0 Å². The second kappa shape index (κ2) is 8.93. The van der Waals surface area contributed by atoms with E-state index in [0.717, 1.165) is 32.4 Å². The summed E-state index contributed by atoms with van der Waals surface area (Å²) in [5.74, 6) is 0.881. The number of likely N-dealkylation sites (tertiary alicyclic amines) is 1. The zero-order chi connectivity index (χ0) is 20.1. The molecule has 1 saturated heterocycles. The van der Waals surface area contributed by atoms with E-state index >= 15 is 0 Å². The molecule has 2 aromatic rings. The summed E-state index contributed by atoms with van der Waals surface area (Å²) in [6.45, 7) is 10.6. The number of phenolic OH excluding ortho intramolecular Hbond substituents is 1. The van der Waals surface area contributed by atoms with Crippen molar-refractivity contribution in [2.24, 2.45) is 5.92 Å². The quantitative estimate of drug-likeness (QED) is 0.768. The number of rotatable bonds is 4. The van der Waals surface area contributed by atoms with Crippen molar-refractivity contribution in [3.05, 3.63) is 77.9 Å². The van der Waals surface area contributed by atoms with E-state index in [2.05, 4.69) is 54.8 Å². The number of hydrogen-bond donors (Lipinski definition) is 2. The summed E-state index contributed by atoms with van der Waals surface area (Å²) >= 11 is 0. The van der Waals surface area contributed by atoms with Gasteiger partial charge in [-0.25, -0.2) is 0 Å². The maximum Gasteiger partial charge on any atom is 0.115 e. The summed E-state index contributed by atoms with van der Waals surface area (Å²) in [6.07, 6.45) is 5.03. The van der Waals surface area contributed by atoms with Crippen LogP contribution in [-0.4, -0.2) is 40.9 Å². The minimum absolute atomic E-state index is 0.00405. The molecule has 0 spiro atoms. The zero-order valence-corrected chi connectivity index (χ0v) is 17.1. The molecule has 0 aromatic heterocycles. The first kappa shape index (κ1) is 20.6. The molecule has 2 N–H and O–H groups in total. The molecule has 3 atom stereocenters. The molecule has 2 aromatic carbocycles. The Bertz CT molecular complexity index is 786. The Morgan fingerprint density at radius 1 is 1.21 bits per heavy atom. The van der Waals surface area contributed by atoms with Crippen LogP contribution in [0.4, 0.5) is 0 Å². The summed E-state index contributed by atoms with van der Waals surface area (Å²) in [7, 11) is 0. The molecule has 150 valence electrons. The van der Waals surface area contributed by atoms with Gasteiger partial charge in [0.1, 0.15) is 5.75 Å². The summed E-state index contributed by atoms with van der Waals surface area (Å²) in [4.78, 5) is 2.58. The first-order chi connectivity index (χ1) is 13.6. The molecule has 1 fully saturated rings. The molecule has 2 aliphatic rings. The average Bonchev–Trinajstić information content (AvgIpc) is 2.72. The first-order valence-corrected chi connectivity index (χ1v) is 10.4. The van der Waals surface area contributed by atoms with Crippen LogP contribution in [0.1, 0.15) is 43.4 Å². The number of piperidine rings is 1. The Balaban J connectivity index is 0.000000516. The molecule has 1 aliphatic carbocycles. The minimum Gasteiger partial charge on any atom is -0.508 e. The van der Waals surface area contributed by atoms with Crippen molar-refractivity contribution in [1.29, 1.82) is 0 Å². The van der Waals surface area contributed by atoms with Crippen LogP contribution in [0.2, 0.25) is 0 Å². The van der Waals surface area contributed by atoms with Gasteiger partial charge in [0.2, 0.25) is 0 Å². The number of aliphatic hydroxyl groups excluding tert-OH is 1. The topological polar surface area (TPSA) is 43.7 Å². The molecule has 28 heavy (non-hydrogen) atoms. The number of nitrogens with zero attached hydrogens (tertiary/aromatic N) is 1. The van der Waals surface area contributed by atoms with E-state index < -0.39 is 0 Å². The van der Waals surface area contributed by atoms with Crippen molar-refractivity contribution >= 4 is 0 Å². The van der Waals surface area contributed by atoms with Crippen molar-refractivity contribution in [2.45, 2.75) is 44.6 Å². The van der Waals surface area contributed by atoms with Gasteiger partial charge in [0.25, 0.3) is 0 Å². The van der Waals surface area contributed by atoms with Crippen LogP contribution in [0, 0.1) is 5.92 Å². The SMILES string of the molecule is C=CCN1CCC2(c3ccccc3)c3cc(O)ccc3CC1C2C.CCCO. The van der Waals surface area contributed by atoms with Gasteiger partial charge in [0.05, 0.1) is 0 Å². The summed E-state index contributed by atoms with van der Waals surface area (Å²) in [6, 6.07) is 17.4. The van der Waals surface area contributed by atoms with Crippen LogP contribution in [0.25, 0.3) is 0 Å². The normalized spacial score (nSPS) is 26.0. The molecule has 3 heteroatoms. The lowest BCUT2D eigenvalue weighted by Gasteiger charge is -2.56. The maximum atomic E-state index is 10.1. The largest absolute Gasteiger partial charge is 0.508 e. The fourth-order valence-electron chi connectivity index (χ4n) is 5.12. The Hall–Kier alpha value is -2.10. The second-order valence-corrected chi connectivity index (χ2v) is 8.00. The Morgan fingerprint density at radius 3 is 2.57 bits per heavy atom. The van der Waals surface area contributed by atoms with Gasteiger partial charge in [0, 0.05) is 24.6 Å². The van der Waals surface area contributed by atoms with Crippen LogP contribution < -0.4 is 0 Å². The highest BCUT2D eigenvalue weighted by atomic mass is 16.3. The van der Waals surface area contributed by atoms with Crippen molar-refractivity contribution in [1.82, 2.24) is 4.90 Å². The van der Waals surface area contributed by atoms with Gasteiger partial charge in [-0.2, -0.15) is 0 Å². The highest BCUT2D eigenvalue weighted by Crippen LogP contribution is 2.53. The van der Waals surface area contributed by atoms with E-state index in [4.69, 9.17) is 5.11 Å². The molecule has 0 radical (unpaired) electrons. The molecule has 2 bridgehead atoms. The Kier molecular flexibility index (Phi) is 6.58. The van der Waals surface area contributed by atoms with E-state index in [-0.39, 0.29) is 5.41 Å². The third kappa shape index (κ3) is 3.61. The third-order valence-corrected chi connectivity index (χ3v) is 6.50. The summed E-state index contributed by atoms with van der Waals surface area (Å²) < 4.78 is 0. The fraction of sp³-hybridized carbons (Fsp3) is 0.440. The molecule has 0 saturated carbocycles. The van der Waals surface area contributed by atoms with Gasteiger partial charge >= 0.3 is 0 Å². The number of hydrogen-bond acceptors (Lipinski definition) is 3. The number of phenols is 1. The van der Waals surface area contributed by atoms with Gasteiger partial charge in [-0.3, -0.25) is 4.90 Å². The summed E-state index contributed by atoms with van der Waals surface area (Å²) in [5, 5.41) is 18.0. The monoisotopic (exact) mass is 379 g/mol. The standard InChI is InChI=1S/C22H25NO.C3H8O/c1-3-12-23-13-11-22(18-7-5-4-6-8-18)16(2)21(23)14-17-9-10-19(24)15-20(17)22;1-2-3-4/h3-10,15-16,21,24H,1,11-14H2,2H3;4H,2-3H2,1H3. The van der Waals surface area contributed by atoms with Crippen molar-refractivity contribution in [3.63, 3.8) is 0 Å². The van der Waals surface area contributed by atoms with E-state index in [1.807, 2.05) is 25.1 Å². The molecule has 1 aliphatic heterocycles. The smallest absolute Gasteiger partial charge is 0.115 e. The number of benzene rings is 2. The molecule has 4 rings (SSSR count). The van der Waals surface area contributed by atoms with Gasteiger partial charge < -0.3 is 10.2 Å². The van der Waals surface area contributed by atoms with Gasteiger partial charge in [-0.15, -0.1) is 6.58 Å². The van der Waals surface area contributed by atoms with E-state index in [1.54, 1.807) is 0 Å². The second-order valence-electron chi connectivity index (χ2n) is 8.00. The summed E-state index contributed by atoms with van der Waals surface area (Å²) in [5.41, 5.74) is 4.09. The van der Waals surface area contributed by atoms with Crippen LogP contribution in [0.5, 0.6) is 5.75 Å². The number of aromatic hydroxyl groups is 1. The average molecular weight is 380 g/mol. The van der Waals surface area contributed by atoms with Crippen LogP contribution in [0.3, 0.4) is 0 Å². The minimum atomic E-state index is -0.00405. The third-order valence-electron chi connectivity index (χ3n) is 6.50. The van der Waals surface area contributed by atoms with Crippen molar-refractivity contribution in [2.75, 3.05) is 19.7 Å². The maximum absolute atomic E-state index is 10.1. The lowest BCUT2D eigenvalue weighted by Crippen LogP contribution is -2.59. The Labute approximate surface area is 169 Å². The zero-order valence-electron chi connectivity index (χ0n) is 17.1. The fourth-order valence-corrected chi connectivity index (χ4v) is 5.12. The van der Waals surface area contributed by atoms with Crippen LogP contribution >= 0.6 is 0 Å². The highest BCUT2D eigenvalue weighted by molar-refractivity contribution is 5.51. The Morgan fingerprint density at radius 2 is 1.93 bits per heavy atom. The molecule has 3 nitrogen and oxygen atoms in total. The van der Waals surface area contributed by atoms with Crippen LogP contribution in [-0.2, 0) is 11.8 Å². The highest BCUT2D eigenvalue weighted by Gasteiger charge is 2.51. The van der Waals surface area contributed by atoms with E-state index in [0.29, 0.717) is 24.3 Å². The molecular weight excluding hydrogens is 346 g/mol. The molecule has 0 amide bonds. The lowest BCUT2D eigenvalue weighted by molar-refractivity contribution is 0.0499. The van der Waals surface area contributed by atoms with Gasteiger partial charge in [-0.05, 0) is 60.5 Å². The number of aliphatic hydroxyl groups is 1. The van der Waals surface area contributed by atoms with Crippen molar-refractivity contribution in [3.8, 4) is 5.75 Å². The van der Waals surface area contributed by atoms with Gasteiger partial charge in [-0.1, -0.05) is 56.3 Å². The first-order valence-electron chi connectivity index (χ1n) is 10.4. The van der Waals surface area contributed by atoms with E-state index in [1.165, 1.54) is 16.7 Å². The lowest BCUT2D eigenvalue weighted by atomic mass is 9.55. The predicted molar refractivity (Wildman–Crippen MR) is 116 cm³/mol. The predicted octanol–water partition coefficient (Wildman–Crippen LogP) is 4.52. The molecule has 1 heterocycles. The number of fused-ring (bicyclic) bond motifs is 4. The molecule has 3 unspecified atom stereocenters. The van der Waals surface area contributed by atoms with Crippen LogP contribution in [0.15, 0.2) is 61.2 Å². The van der Waals surface area contributed by atoms with E-state index in [9.17, 15) is 5.11 Å². The molecular formula is C25H33NO2.